The van der Waals surface area contributed by atoms with E-state index in [9.17, 15) is 0 Å². The van der Waals surface area contributed by atoms with Crippen LogP contribution in [0.2, 0.25) is 0 Å². The third kappa shape index (κ3) is 4.55. The summed E-state index contributed by atoms with van der Waals surface area (Å²) in [4.78, 5) is 14.3. The summed E-state index contributed by atoms with van der Waals surface area (Å²) in [6.07, 6.45) is 0. The van der Waals surface area contributed by atoms with Gasteiger partial charge in [-0.05, 0) is 34.4 Å². The van der Waals surface area contributed by atoms with E-state index in [0.29, 0.717) is 17.8 Å². The predicted octanol–water partition coefficient (Wildman–Crippen LogP) is 8.56. The molecule has 0 unspecified atom stereocenters. The van der Waals surface area contributed by atoms with Crippen molar-refractivity contribution in [1.82, 2.24) is 15.0 Å². The summed E-state index contributed by atoms with van der Waals surface area (Å²) in [5, 5.41) is 17.0. The van der Waals surface area contributed by atoms with Gasteiger partial charge in [0.15, 0.2) is 0 Å². The van der Waals surface area contributed by atoms with Crippen molar-refractivity contribution in [2.75, 3.05) is 16.0 Å². The summed E-state index contributed by atoms with van der Waals surface area (Å²) in [5.41, 5.74) is 2.77. The minimum absolute atomic E-state index is 0.437. The van der Waals surface area contributed by atoms with Crippen LogP contribution in [0.3, 0.4) is 0 Å². The molecule has 39 heavy (non-hydrogen) atoms. The molecule has 0 bridgehead atoms. The van der Waals surface area contributed by atoms with E-state index in [1.165, 1.54) is 0 Å². The van der Waals surface area contributed by atoms with Gasteiger partial charge in [0.2, 0.25) is 17.8 Å². The van der Waals surface area contributed by atoms with Gasteiger partial charge in [-0.15, -0.1) is 0 Å². The second-order valence-corrected chi connectivity index (χ2v) is 9.26. The molecule has 6 heteroatoms. The molecule has 1 aromatic heterocycles. The average molecular weight is 505 g/mol. The van der Waals surface area contributed by atoms with E-state index in [4.69, 9.17) is 15.0 Å². The van der Waals surface area contributed by atoms with Crippen molar-refractivity contribution in [3.05, 3.63) is 127 Å². The Kier molecular flexibility index (Phi) is 5.68. The van der Waals surface area contributed by atoms with Crippen LogP contribution < -0.4 is 16.0 Å². The largest absolute Gasteiger partial charge is 0.323 e. The number of hydrogen-bond acceptors (Lipinski definition) is 6. The van der Waals surface area contributed by atoms with Crippen LogP contribution in [0.4, 0.5) is 34.9 Å². The standard InChI is InChI=1S/C33H24N6/c1-4-16-25-22(10-1)13-7-19-28(25)34-31-37-32(35-29-20-8-14-23-11-2-5-17-26(23)29)39-33(38-31)36-30-21-9-15-24-12-3-6-18-27(24)30/h1-21H,(H3,34,35,36,37,38,39). The van der Waals surface area contributed by atoms with Gasteiger partial charge in [0, 0.05) is 33.2 Å². The lowest BCUT2D eigenvalue weighted by molar-refractivity contribution is 1.07. The van der Waals surface area contributed by atoms with E-state index in [0.717, 1.165) is 49.4 Å². The highest BCUT2D eigenvalue weighted by molar-refractivity contribution is 5.97. The van der Waals surface area contributed by atoms with E-state index >= 15 is 0 Å². The summed E-state index contributed by atoms with van der Waals surface area (Å²) >= 11 is 0. The van der Waals surface area contributed by atoms with Crippen molar-refractivity contribution in [2.45, 2.75) is 0 Å². The molecular weight excluding hydrogens is 480 g/mol. The average Bonchev–Trinajstić information content (AvgIpc) is 2.98. The maximum absolute atomic E-state index is 4.76. The third-order valence-corrected chi connectivity index (χ3v) is 6.74. The van der Waals surface area contributed by atoms with E-state index in [-0.39, 0.29) is 0 Å². The molecule has 0 spiro atoms. The maximum atomic E-state index is 4.76. The molecule has 0 atom stereocenters. The van der Waals surface area contributed by atoms with Gasteiger partial charge in [0.05, 0.1) is 0 Å². The number of anilines is 6. The van der Waals surface area contributed by atoms with Gasteiger partial charge in [0.1, 0.15) is 0 Å². The van der Waals surface area contributed by atoms with Crippen LogP contribution in [0.5, 0.6) is 0 Å². The minimum Gasteiger partial charge on any atom is -0.323 e. The van der Waals surface area contributed by atoms with Crippen LogP contribution in [0.1, 0.15) is 0 Å². The summed E-state index contributed by atoms with van der Waals surface area (Å²) in [6.45, 7) is 0. The predicted molar refractivity (Wildman–Crippen MR) is 162 cm³/mol. The molecule has 0 amide bonds. The molecule has 0 aliphatic rings. The highest BCUT2D eigenvalue weighted by atomic mass is 15.3. The number of nitrogens with one attached hydrogen (secondary N) is 3. The van der Waals surface area contributed by atoms with Crippen molar-refractivity contribution in [1.29, 1.82) is 0 Å². The normalized spacial score (nSPS) is 11.1. The quantitative estimate of drug-likeness (QED) is 0.211. The van der Waals surface area contributed by atoms with Gasteiger partial charge in [0.25, 0.3) is 0 Å². The zero-order valence-electron chi connectivity index (χ0n) is 21.0. The van der Waals surface area contributed by atoms with E-state index in [2.05, 4.69) is 70.5 Å². The first-order valence-corrected chi connectivity index (χ1v) is 12.8. The molecule has 3 N–H and O–H groups in total. The molecule has 0 saturated heterocycles. The van der Waals surface area contributed by atoms with Crippen molar-refractivity contribution >= 4 is 67.2 Å². The van der Waals surface area contributed by atoms with Crippen molar-refractivity contribution in [3.8, 4) is 0 Å². The zero-order chi connectivity index (χ0) is 26.0. The minimum atomic E-state index is 0.437. The second-order valence-electron chi connectivity index (χ2n) is 9.26. The lowest BCUT2D eigenvalue weighted by Gasteiger charge is -2.14. The number of aromatic nitrogens is 3. The molecule has 0 aliphatic heterocycles. The van der Waals surface area contributed by atoms with E-state index in [1.807, 2.05) is 72.8 Å². The summed E-state index contributed by atoms with van der Waals surface area (Å²) < 4.78 is 0. The fourth-order valence-corrected chi connectivity index (χ4v) is 4.91. The molecule has 0 radical (unpaired) electrons. The topological polar surface area (TPSA) is 74.8 Å². The smallest absolute Gasteiger partial charge is 0.233 e. The van der Waals surface area contributed by atoms with Gasteiger partial charge in [-0.1, -0.05) is 109 Å². The van der Waals surface area contributed by atoms with Crippen LogP contribution in [0.15, 0.2) is 127 Å². The Morgan fingerprint density at radius 2 is 0.590 bits per heavy atom. The zero-order valence-corrected chi connectivity index (χ0v) is 21.0. The van der Waals surface area contributed by atoms with E-state index < -0.39 is 0 Å². The van der Waals surface area contributed by atoms with Crippen molar-refractivity contribution in [3.63, 3.8) is 0 Å². The molecule has 0 aliphatic carbocycles. The third-order valence-electron chi connectivity index (χ3n) is 6.74. The van der Waals surface area contributed by atoms with Gasteiger partial charge >= 0.3 is 0 Å². The summed E-state index contributed by atoms with van der Waals surface area (Å²) in [5.74, 6) is 1.31. The molecule has 186 valence electrons. The Hall–Kier alpha value is -5.49. The summed E-state index contributed by atoms with van der Waals surface area (Å²) in [7, 11) is 0. The van der Waals surface area contributed by atoms with Crippen LogP contribution in [0, 0.1) is 0 Å². The summed E-state index contributed by atoms with van der Waals surface area (Å²) in [6, 6.07) is 43.2. The Labute approximate surface area is 225 Å². The first kappa shape index (κ1) is 22.7. The monoisotopic (exact) mass is 504 g/mol. The van der Waals surface area contributed by atoms with Crippen molar-refractivity contribution < 1.29 is 0 Å². The maximum Gasteiger partial charge on any atom is 0.233 e. The number of fused-ring (bicyclic) bond motifs is 3. The molecule has 7 aromatic rings. The highest BCUT2D eigenvalue weighted by Crippen LogP contribution is 2.30. The van der Waals surface area contributed by atoms with Gasteiger partial charge in [-0.3, -0.25) is 0 Å². The Morgan fingerprint density at radius 3 is 0.923 bits per heavy atom. The highest BCUT2D eigenvalue weighted by Gasteiger charge is 2.12. The molecule has 1 heterocycles. The number of hydrogen-bond donors (Lipinski definition) is 3. The first-order chi connectivity index (χ1) is 19.3. The molecule has 6 nitrogen and oxygen atoms in total. The molecule has 6 aromatic carbocycles. The fraction of sp³-hybridized carbons (Fsp3) is 0. The van der Waals surface area contributed by atoms with Crippen LogP contribution in [-0.2, 0) is 0 Å². The first-order valence-electron chi connectivity index (χ1n) is 12.8. The van der Waals surface area contributed by atoms with Gasteiger partial charge in [-0.2, -0.15) is 15.0 Å². The molecule has 0 fully saturated rings. The lowest BCUT2D eigenvalue weighted by Crippen LogP contribution is -2.08. The van der Waals surface area contributed by atoms with Crippen molar-refractivity contribution in [2.24, 2.45) is 0 Å². The molecule has 0 saturated carbocycles. The fourth-order valence-electron chi connectivity index (χ4n) is 4.91. The second kappa shape index (κ2) is 9.76. The Balaban J connectivity index is 1.32. The number of rotatable bonds is 6. The molecular formula is C33H24N6. The van der Waals surface area contributed by atoms with E-state index in [1.54, 1.807) is 0 Å². The van der Waals surface area contributed by atoms with Gasteiger partial charge in [-0.25, -0.2) is 0 Å². The SMILES string of the molecule is c1ccc2c(Nc3nc(Nc4cccc5ccccc45)nc(Nc4cccc5ccccc45)n3)cccc2c1. The van der Waals surface area contributed by atoms with Gasteiger partial charge < -0.3 is 16.0 Å². The van der Waals surface area contributed by atoms with Crippen LogP contribution in [-0.4, -0.2) is 15.0 Å². The number of nitrogens with zero attached hydrogens (tertiary/aromatic N) is 3. The lowest BCUT2D eigenvalue weighted by atomic mass is 10.1. The Morgan fingerprint density at radius 1 is 0.308 bits per heavy atom. The number of benzene rings is 6. The Bertz CT molecular complexity index is 1710. The van der Waals surface area contributed by atoms with Crippen LogP contribution in [0.25, 0.3) is 32.3 Å². The molecule has 7 rings (SSSR count). The van der Waals surface area contributed by atoms with Crippen LogP contribution >= 0.6 is 0 Å².